The molecule has 0 unspecified atom stereocenters. The monoisotopic (exact) mass is 138 g/mol. The SMILES string of the molecule is FC(F)(F)N1C=CNC1. The van der Waals surface area contributed by atoms with Gasteiger partial charge in [0.25, 0.3) is 0 Å². The Morgan fingerprint density at radius 3 is 2.33 bits per heavy atom. The number of nitrogens with one attached hydrogen (secondary N) is 1. The Hall–Kier alpha value is -0.870. The lowest BCUT2D eigenvalue weighted by atomic mass is 10.8. The fourth-order valence-electron chi connectivity index (χ4n) is 0.521. The van der Waals surface area contributed by atoms with Gasteiger partial charge in [-0.1, -0.05) is 0 Å². The first-order valence-corrected chi connectivity index (χ1v) is 2.34. The minimum Gasteiger partial charge on any atom is -0.372 e. The van der Waals surface area contributed by atoms with Crippen molar-refractivity contribution in [2.75, 3.05) is 6.67 Å². The van der Waals surface area contributed by atoms with Crippen LogP contribution in [0.5, 0.6) is 0 Å². The van der Waals surface area contributed by atoms with Crippen LogP contribution < -0.4 is 5.32 Å². The van der Waals surface area contributed by atoms with Crippen molar-refractivity contribution in [1.29, 1.82) is 0 Å². The summed E-state index contributed by atoms with van der Waals surface area (Å²) in [5.41, 5.74) is 0. The average Bonchev–Trinajstić information content (AvgIpc) is 2.08. The molecule has 1 rings (SSSR count). The molecule has 0 aliphatic carbocycles. The predicted octanol–water partition coefficient (Wildman–Crippen LogP) is 0.840. The van der Waals surface area contributed by atoms with Crippen molar-refractivity contribution < 1.29 is 13.2 Å². The van der Waals surface area contributed by atoms with E-state index >= 15 is 0 Å². The summed E-state index contributed by atoms with van der Waals surface area (Å²) in [5, 5.41) is 2.40. The summed E-state index contributed by atoms with van der Waals surface area (Å²) >= 11 is 0. The van der Waals surface area contributed by atoms with Crippen LogP contribution in [0.4, 0.5) is 13.2 Å². The number of nitrogens with zero attached hydrogens (tertiary/aromatic N) is 1. The van der Waals surface area contributed by atoms with Crippen LogP contribution in [-0.4, -0.2) is 17.9 Å². The van der Waals surface area contributed by atoms with E-state index in [1.807, 2.05) is 0 Å². The summed E-state index contributed by atoms with van der Waals surface area (Å²) < 4.78 is 34.8. The Morgan fingerprint density at radius 2 is 2.11 bits per heavy atom. The lowest BCUT2D eigenvalue weighted by molar-refractivity contribution is -0.225. The molecule has 0 spiro atoms. The first-order valence-electron chi connectivity index (χ1n) is 2.34. The zero-order valence-electron chi connectivity index (χ0n) is 4.44. The molecule has 1 N–H and O–H groups in total. The molecule has 0 saturated heterocycles. The van der Waals surface area contributed by atoms with E-state index in [0.717, 1.165) is 6.20 Å². The van der Waals surface area contributed by atoms with Gasteiger partial charge in [0.2, 0.25) is 0 Å². The topological polar surface area (TPSA) is 15.3 Å². The molecule has 0 saturated carbocycles. The second-order valence-electron chi connectivity index (χ2n) is 1.62. The van der Waals surface area contributed by atoms with E-state index in [0.29, 0.717) is 0 Å². The van der Waals surface area contributed by atoms with Crippen LogP contribution in [0.25, 0.3) is 0 Å². The minimum atomic E-state index is -4.24. The Balaban J connectivity index is 2.53. The largest absolute Gasteiger partial charge is 0.485 e. The number of hydrogen-bond donors (Lipinski definition) is 1. The van der Waals surface area contributed by atoms with E-state index in [-0.39, 0.29) is 11.6 Å². The number of hydrogen-bond acceptors (Lipinski definition) is 2. The van der Waals surface area contributed by atoms with Crippen molar-refractivity contribution in [3.63, 3.8) is 0 Å². The normalized spacial score (nSPS) is 18.3. The third-order valence-electron chi connectivity index (χ3n) is 0.960. The molecule has 0 radical (unpaired) electrons. The van der Waals surface area contributed by atoms with Crippen LogP contribution in [0.3, 0.4) is 0 Å². The Kier molecular flexibility index (Phi) is 1.27. The summed E-state index contributed by atoms with van der Waals surface area (Å²) in [5.74, 6) is 0. The van der Waals surface area contributed by atoms with Crippen molar-refractivity contribution in [3.05, 3.63) is 12.4 Å². The molecule has 1 aliphatic heterocycles. The van der Waals surface area contributed by atoms with Crippen LogP contribution in [0.2, 0.25) is 0 Å². The first-order chi connectivity index (χ1) is 4.11. The highest BCUT2D eigenvalue weighted by molar-refractivity contribution is 4.88. The van der Waals surface area contributed by atoms with Crippen molar-refractivity contribution in [3.8, 4) is 0 Å². The fraction of sp³-hybridized carbons (Fsp3) is 0.500. The zero-order valence-corrected chi connectivity index (χ0v) is 4.44. The number of alkyl halides is 3. The van der Waals surface area contributed by atoms with Gasteiger partial charge >= 0.3 is 6.30 Å². The minimum absolute atomic E-state index is 0.177. The molecular formula is C4H5F3N2. The van der Waals surface area contributed by atoms with E-state index in [1.165, 1.54) is 6.20 Å². The molecule has 0 atom stereocenters. The standard InChI is InChI=1S/C4H5F3N2/c5-4(6,7)9-2-1-8-3-9/h1-2,8H,3H2. The van der Waals surface area contributed by atoms with E-state index in [1.54, 1.807) is 0 Å². The van der Waals surface area contributed by atoms with Gasteiger partial charge in [0.05, 0.1) is 6.67 Å². The Morgan fingerprint density at radius 1 is 1.44 bits per heavy atom. The third-order valence-corrected chi connectivity index (χ3v) is 0.960. The van der Waals surface area contributed by atoms with E-state index < -0.39 is 6.30 Å². The van der Waals surface area contributed by atoms with E-state index in [9.17, 15) is 13.2 Å². The van der Waals surface area contributed by atoms with Crippen molar-refractivity contribution in [2.24, 2.45) is 0 Å². The van der Waals surface area contributed by atoms with Gasteiger partial charge in [-0.05, 0) is 0 Å². The molecule has 0 amide bonds. The molecule has 1 aliphatic rings. The maximum Gasteiger partial charge on any atom is 0.485 e. The van der Waals surface area contributed by atoms with Crippen molar-refractivity contribution >= 4 is 0 Å². The number of rotatable bonds is 0. The highest BCUT2D eigenvalue weighted by atomic mass is 19.4. The molecule has 0 aromatic rings. The van der Waals surface area contributed by atoms with E-state index in [2.05, 4.69) is 5.32 Å². The third kappa shape index (κ3) is 1.28. The highest BCUT2D eigenvalue weighted by Crippen LogP contribution is 2.21. The predicted molar refractivity (Wildman–Crippen MR) is 25.0 cm³/mol. The van der Waals surface area contributed by atoms with Gasteiger partial charge < -0.3 is 5.32 Å². The molecule has 0 fully saturated rings. The molecule has 5 heteroatoms. The van der Waals surface area contributed by atoms with Gasteiger partial charge in [-0.2, -0.15) is 13.2 Å². The summed E-state index contributed by atoms with van der Waals surface area (Å²) in [6.07, 6.45) is -2.02. The molecule has 1 heterocycles. The molecule has 52 valence electrons. The lowest BCUT2D eigenvalue weighted by Crippen LogP contribution is -2.34. The first kappa shape index (κ1) is 6.25. The second-order valence-corrected chi connectivity index (χ2v) is 1.62. The van der Waals surface area contributed by atoms with Gasteiger partial charge in [0.1, 0.15) is 0 Å². The Labute approximate surface area is 49.9 Å². The molecule has 9 heavy (non-hydrogen) atoms. The summed E-state index contributed by atoms with van der Waals surface area (Å²) in [6.45, 7) is -0.177. The maximum absolute atomic E-state index is 11.6. The van der Waals surface area contributed by atoms with Gasteiger partial charge in [0.15, 0.2) is 0 Å². The van der Waals surface area contributed by atoms with Crippen LogP contribution in [-0.2, 0) is 0 Å². The molecule has 0 aromatic carbocycles. The van der Waals surface area contributed by atoms with Gasteiger partial charge in [-0.15, -0.1) is 0 Å². The van der Waals surface area contributed by atoms with Gasteiger partial charge in [-0.3, -0.25) is 4.90 Å². The Bertz CT molecular complexity index is 128. The molecule has 2 nitrogen and oxygen atoms in total. The molecular weight excluding hydrogens is 133 g/mol. The van der Waals surface area contributed by atoms with Crippen LogP contribution in [0, 0.1) is 0 Å². The summed E-state index contributed by atoms with van der Waals surface area (Å²) in [7, 11) is 0. The fourth-order valence-corrected chi connectivity index (χ4v) is 0.521. The van der Waals surface area contributed by atoms with Crippen LogP contribution >= 0.6 is 0 Å². The van der Waals surface area contributed by atoms with Crippen LogP contribution in [0.15, 0.2) is 12.4 Å². The van der Waals surface area contributed by atoms with Crippen LogP contribution in [0.1, 0.15) is 0 Å². The summed E-state index contributed by atoms with van der Waals surface area (Å²) in [4.78, 5) is 0.257. The zero-order chi connectivity index (χ0) is 6.91. The smallest absolute Gasteiger partial charge is 0.372 e. The van der Waals surface area contributed by atoms with Crippen molar-refractivity contribution in [1.82, 2.24) is 10.2 Å². The number of halogens is 3. The summed E-state index contributed by atoms with van der Waals surface area (Å²) in [6, 6.07) is 0. The van der Waals surface area contributed by atoms with Crippen molar-refractivity contribution in [2.45, 2.75) is 6.30 Å². The highest BCUT2D eigenvalue weighted by Gasteiger charge is 2.35. The average molecular weight is 138 g/mol. The molecule has 0 aromatic heterocycles. The van der Waals surface area contributed by atoms with Gasteiger partial charge in [-0.25, -0.2) is 0 Å². The quantitative estimate of drug-likeness (QED) is 0.499. The van der Waals surface area contributed by atoms with E-state index in [4.69, 9.17) is 0 Å². The lowest BCUT2D eigenvalue weighted by Gasteiger charge is -2.17. The second kappa shape index (κ2) is 1.82. The van der Waals surface area contributed by atoms with Gasteiger partial charge in [0, 0.05) is 12.4 Å². The maximum atomic E-state index is 11.6. The molecule has 0 bridgehead atoms.